The van der Waals surface area contributed by atoms with Crippen LogP contribution in [0.4, 0.5) is 0 Å². The first kappa shape index (κ1) is 72.6. The summed E-state index contributed by atoms with van der Waals surface area (Å²) in [4.78, 5) is 0. The smallest absolute Gasteiger partial charge is 0.459 e. The number of benzene rings is 12. The van der Waals surface area contributed by atoms with Crippen LogP contribution < -0.4 is 42.4 Å². The third kappa shape index (κ3) is 18.7. The van der Waals surface area contributed by atoms with Crippen LogP contribution in [0.25, 0.3) is 43.9 Å². The molecule has 0 unspecified atom stereocenters. The van der Waals surface area contributed by atoms with Gasteiger partial charge in [0.25, 0.3) is 0 Å². The Morgan fingerprint density at radius 2 is 0.370 bits per heavy atom. The van der Waals surface area contributed by atoms with Crippen LogP contribution in [0.2, 0.25) is 0 Å². The van der Waals surface area contributed by atoms with Crippen molar-refractivity contribution in [3.8, 4) is 23.7 Å². The molecule has 0 saturated carbocycles. The van der Waals surface area contributed by atoms with Crippen molar-refractivity contribution in [2.75, 3.05) is 11.8 Å². The molecule has 0 spiro atoms. The fourth-order valence-electron chi connectivity index (χ4n) is 10.8. The normalized spacial score (nSPS) is 10.3. The zero-order chi connectivity index (χ0) is 60.3. The van der Waals surface area contributed by atoms with Crippen LogP contribution in [-0.2, 0) is 89.5 Å². The number of furan rings is 2. The molecule has 0 aliphatic rings. The Morgan fingerprint density at radius 1 is 0.217 bits per heavy atom. The van der Waals surface area contributed by atoms with Gasteiger partial charge in [-0.25, -0.2) is 0 Å². The van der Waals surface area contributed by atoms with Crippen LogP contribution in [0.15, 0.2) is 324 Å². The quantitative estimate of drug-likeness (QED) is 0.0527. The molecule has 0 saturated heterocycles. The minimum atomic E-state index is -0.847. The second-order valence-corrected chi connectivity index (χ2v) is 32.0. The van der Waals surface area contributed by atoms with E-state index in [1.54, 1.807) is 24.3 Å². The number of hydrogen-bond donors (Lipinski definition) is 0. The minimum absolute atomic E-state index is 0. The van der Waals surface area contributed by atoms with Gasteiger partial charge in [-0.1, -0.05) is 194 Å². The van der Waals surface area contributed by atoms with Crippen LogP contribution in [0.3, 0.4) is 0 Å². The molecular formula is C82H60Au4O2P4+4. The van der Waals surface area contributed by atoms with Crippen molar-refractivity contribution in [1.29, 1.82) is 0 Å². The van der Waals surface area contributed by atoms with E-state index in [9.17, 15) is 0 Å². The third-order valence-electron chi connectivity index (χ3n) is 15.2. The van der Waals surface area contributed by atoms with Crippen LogP contribution >= 0.6 is 31.7 Å². The Labute approximate surface area is 608 Å². The van der Waals surface area contributed by atoms with Crippen molar-refractivity contribution in [2.24, 2.45) is 0 Å². The molecule has 14 rings (SSSR count). The topological polar surface area (TPSA) is 26.3 Å². The molecule has 0 fully saturated rings. The first-order valence-electron chi connectivity index (χ1n) is 29.0. The second-order valence-electron chi connectivity index (χ2n) is 20.7. The van der Waals surface area contributed by atoms with Gasteiger partial charge in [0.15, 0.2) is 11.8 Å². The summed E-state index contributed by atoms with van der Waals surface area (Å²) in [6, 6.07) is 111. The van der Waals surface area contributed by atoms with Gasteiger partial charge in [-0.15, -0.1) is 46.5 Å². The summed E-state index contributed by atoms with van der Waals surface area (Å²) in [6.07, 6.45) is 28.4. The Morgan fingerprint density at radius 3 is 0.511 bits per heavy atom. The third-order valence-corrected chi connectivity index (χ3v) is 29.1. The van der Waals surface area contributed by atoms with Gasteiger partial charge in [-0.05, 0) is 97.1 Å². The van der Waals surface area contributed by atoms with Crippen LogP contribution in [0, 0.1) is 49.4 Å². The van der Waals surface area contributed by atoms with Gasteiger partial charge in [-0.3, -0.25) is 23.7 Å². The second kappa shape index (κ2) is 37.2. The first-order valence-corrected chi connectivity index (χ1v) is 35.8. The maximum atomic E-state index is 7.09. The average Bonchev–Trinajstić information content (AvgIpc) is 1.76. The summed E-state index contributed by atoms with van der Waals surface area (Å²) in [6.45, 7) is 0. The molecule has 0 N–H and O–H groups in total. The predicted octanol–water partition coefficient (Wildman–Crippen LogP) is 16.3. The maximum Gasteiger partial charge on any atom is 1.00 e. The molecule has 92 heavy (non-hydrogen) atoms. The molecule has 0 amide bonds. The number of hydrogen-bond acceptors (Lipinski definition) is 2. The summed E-state index contributed by atoms with van der Waals surface area (Å²) >= 11 is 0. The molecule has 0 atom stereocenters. The molecule has 2 heterocycles. The van der Waals surface area contributed by atoms with Crippen molar-refractivity contribution in [1.82, 2.24) is 0 Å². The summed E-state index contributed by atoms with van der Waals surface area (Å²) in [5, 5.41) is 16.1. The zero-order valence-electron chi connectivity index (χ0n) is 49.5. The van der Waals surface area contributed by atoms with E-state index >= 15 is 0 Å². The van der Waals surface area contributed by atoms with Crippen LogP contribution in [0.1, 0.15) is 22.3 Å². The van der Waals surface area contributed by atoms with E-state index in [-0.39, 0.29) is 89.5 Å². The van der Waals surface area contributed by atoms with E-state index in [0.717, 1.165) is 43.9 Å². The van der Waals surface area contributed by atoms with E-state index in [4.69, 9.17) is 34.5 Å². The van der Waals surface area contributed by atoms with Gasteiger partial charge in [-0.2, -0.15) is 0 Å². The summed E-state index contributed by atoms with van der Waals surface area (Å²) < 4.78 is 11.4. The standard InChI is InChI=1S/2C25H22P2.2C16H6O.4Au/c2*1-5-13-22(14-6-1)26(23-15-7-2-8-16-23)21-27(24-17-9-3-10-18-24)25-19-11-4-12-20-25;2*1-3-11-5-7-13-14-8-6-12(4-2)10-16(14)17-15(13)9-11;;;;/h2*1-20H,21H2;2*5-10H;;;;/q;;2*-2;4*+1/p+4. The van der Waals surface area contributed by atoms with Gasteiger partial charge >= 0.3 is 89.5 Å². The molecule has 0 aliphatic heterocycles. The SMILES string of the molecule is [Au+].[Au+].[Au+].[Au+].[C-]#Cc1ccc2c(c1)oc1cc(C#[C-])ccc12.[C-]#Cc1ccc2c(c1)oc1cc(C#[C-])ccc12.c1ccc([PH+](C[PH+](c2ccccc2)c2ccccc2)c2ccccc2)cc1.c1ccc([PH+](C[PH+](c2ccccc2)c2ccccc2)c2ccccc2)cc1. The number of rotatable bonds is 12. The summed E-state index contributed by atoms with van der Waals surface area (Å²) in [7, 11) is -3.39. The van der Waals surface area contributed by atoms with E-state index in [1.807, 2.05) is 48.5 Å². The molecule has 460 valence electrons. The largest absolute Gasteiger partial charge is 1.00 e. The molecule has 12 aromatic carbocycles. The maximum absolute atomic E-state index is 7.09. The van der Waals surface area contributed by atoms with Crippen molar-refractivity contribution in [3.05, 3.63) is 363 Å². The van der Waals surface area contributed by atoms with Gasteiger partial charge in [0, 0.05) is 21.5 Å². The van der Waals surface area contributed by atoms with Crippen molar-refractivity contribution in [3.63, 3.8) is 0 Å². The minimum Gasteiger partial charge on any atom is -0.459 e. The Bertz CT molecular complexity index is 3980. The van der Waals surface area contributed by atoms with Crippen LogP contribution in [0.5, 0.6) is 0 Å². The summed E-state index contributed by atoms with van der Waals surface area (Å²) in [5.74, 6) is 11.8. The Kier molecular flexibility index (Phi) is 29.3. The Hall–Kier alpha value is -6.84. The molecule has 0 aliphatic carbocycles. The van der Waals surface area contributed by atoms with Gasteiger partial charge in [0.2, 0.25) is 0 Å². The monoisotopic (exact) mass is 1990 g/mol. The predicted molar refractivity (Wildman–Crippen MR) is 384 cm³/mol. The molecule has 2 nitrogen and oxygen atoms in total. The van der Waals surface area contributed by atoms with E-state index in [2.05, 4.69) is 266 Å². The van der Waals surface area contributed by atoms with Crippen molar-refractivity contribution in [2.45, 2.75) is 0 Å². The molecule has 14 aromatic rings. The van der Waals surface area contributed by atoms with E-state index < -0.39 is 31.7 Å². The first-order chi connectivity index (χ1) is 43.5. The summed E-state index contributed by atoms with van der Waals surface area (Å²) in [5.41, 5.74) is 5.70. The molecule has 10 heteroatoms. The van der Waals surface area contributed by atoms with E-state index in [1.165, 1.54) is 54.2 Å². The Balaban J connectivity index is 0.000000175. The molecule has 2 aromatic heterocycles. The fraction of sp³-hybridized carbons (Fsp3) is 0.0244. The zero-order valence-corrected chi connectivity index (χ0v) is 62.1. The molecule has 0 radical (unpaired) electrons. The van der Waals surface area contributed by atoms with Crippen molar-refractivity contribution < 1.29 is 98.4 Å². The van der Waals surface area contributed by atoms with E-state index in [0.29, 0.717) is 22.3 Å². The average molecular weight is 1990 g/mol. The van der Waals surface area contributed by atoms with Gasteiger partial charge < -0.3 is 34.5 Å². The molecule has 0 bridgehead atoms. The number of fused-ring (bicyclic) bond motifs is 6. The van der Waals surface area contributed by atoms with Gasteiger partial charge in [0.1, 0.15) is 96.5 Å². The van der Waals surface area contributed by atoms with Crippen molar-refractivity contribution >= 4 is 118 Å². The van der Waals surface area contributed by atoms with Gasteiger partial charge in [0.05, 0.1) is 0 Å². The fourth-order valence-corrected chi connectivity index (χ4v) is 26.3. The molecular weight excluding hydrogens is 1930 g/mol. The van der Waals surface area contributed by atoms with Crippen LogP contribution in [-0.4, -0.2) is 11.8 Å².